The van der Waals surface area contributed by atoms with Crippen molar-refractivity contribution in [2.45, 2.75) is 39.5 Å². The molecule has 0 saturated carbocycles. The van der Waals surface area contributed by atoms with Crippen LogP contribution < -0.4 is 11.1 Å². The summed E-state index contributed by atoms with van der Waals surface area (Å²) in [5.74, 6) is 0.467. The molecule has 1 aromatic heterocycles. The lowest BCUT2D eigenvalue weighted by atomic mass is 9.98. The molecule has 0 atom stereocenters. The van der Waals surface area contributed by atoms with Crippen molar-refractivity contribution in [2.75, 3.05) is 13.1 Å². The Hall–Kier alpha value is -1.36. The van der Waals surface area contributed by atoms with E-state index in [0.29, 0.717) is 12.5 Å². The van der Waals surface area contributed by atoms with Crippen LogP contribution in [0.15, 0.2) is 22.5 Å². The van der Waals surface area contributed by atoms with E-state index in [1.54, 1.807) is 11.3 Å². The van der Waals surface area contributed by atoms with Crippen LogP contribution in [0.2, 0.25) is 0 Å². The third-order valence-electron chi connectivity index (χ3n) is 2.40. The first-order valence-corrected chi connectivity index (χ1v) is 7.30. The molecule has 1 rings (SSSR count). The molecule has 0 aromatic carbocycles. The summed E-state index contributed by atoms with van der Waals surface area (Å²) in [6.45, 7) is 13.6. The van der Waals surface area contributed by atoms with Crippen molar-refractivity contribution in [1.29, 1.82) is 0 Å². The summed E-state index contributed by atoms with van der Waals surface area (Å²) in [7, 11) is 0. The van der Waals surface area contributed by atoms with Crippen LogP contribution in [0.1, 0.15) is 38.4 Å². The molecule has 0 amide bonds. The fourth-order valence-corrected chi connectivity index (χ4v) is 2.30. The van der Waals surface area contributed by atoms with Crippen molar-refractivity contribution in [3.05, 3.63) is 28.2 Å². The summed E-state index contributed by atoms with van der Waals surface area (Å²) < 4.78 is 0. The maximum absolute atomic E-state index is 5.74. The molecule has 0 unspecified atom stereocenters. The van der Waals surface area contributed by atoms with Crippen molar-refractivity contribution in [2.24, 2.45) is 10.7 Å². The number of aliphatic imine (C=N–C) groups is 1. The van der Waals surface area contributed by atoms with Gasteiger partial charge in [-0.3, -0.25) is 0 Å². The summed E-state index contributed by atoms with van der Waals surface area (Å²) in [5.41, 5.74) is 7.97. The van der Waals surface area contributed by atoms with Gasteiger partial charge in [0.25, 0.3) is 0 Å². The summed E-state index contributed by atoms with van der Waals surface area (Å²) in [6.07, 6.45) is 0.857. The van der Waals surface area contributed by atoms with E-state index >= 15 is 0 Å². The van der Waals surface area contributed by atoms with Crippen LogP contribution in [0.3, 0.4) is 0 Å². The number of nitrogens with zero attached hydrogens (tertiary/aromatic N) is 2. The number of rotatable bonds is 5. The quantitative estimate of drug-likeness (QED) is 0.495. The van der Waals surface area contributed by atoms with Gasteiger partial charge in [0.05, 0.1) is 17.2 Å². The molecule has 0 fully saturated rings. The molecule has 1 heterocycles. The van der Waals surface area contributed by atoms with Gasteiger partial charge in [0.1, 0.15) is 0 Å². The highest BCUT2D eigenvalue weighted by Crippen LogP contribution is 2.25. The van der Waals surface area contributed by atoms with Crippen LogP contribution in [0.25, 0.3) is 0 Å². The molecule has 0 aliphatic heterocycles. The van der Waals surface area contributed by atoms with Crippen molar-refractivity contribution < 1.29 is 0 Å². The van der Waals surface area contributed by atoms with E-state index in [1.165, 1.54) is 5.01 Å². The highest BCUT2D eigenvalue weighted by atomic mass is 32.1. The first kappa shape index (κ1) is 15.7. The second-order valence-electron chi connectivity index (χ2n) is 5.73. The Morgan fingerprint density at radius 1 is 1.53 bits per heavy atom. The molecule has 0 bridgehead atoms. The smallest absolute Gasteiger partial charge is 0.188 e. The van der Waals surface area contributed by atoms with E-state index in [4.69, 9.17) is 5.73 Å². The molecule has 3 N–H and O–H groups in total. The molecule has 0 radical (unpaired) electrons. The fourth-order valence-electron chi connectivity index (χ4n) is 1.36. The Bertz CT molecular complexity index is 454. The largest absolute Gasteiger partial charge is 0.370 e. The second-order valence-corrected chi connectivity index (χ2v) is 6.59. The van der Waals surface area contributed by atoms with Crippen molar-refractivity contribution in [1.82, 2.24) is 10.3 Å². The number of aromatic nitrogens is 1. The highest BCUT2D eigenvalue weighted by Gasteiger charge is 2.17. The van der Waals surface area contributed by atoms with Gasteiger partial charge < -0.3 is 11.1 Å². The zero-order chi connectivity index (χ0) is 14.5. The summed E-state index contributed by atoms with van der Waals surface area (Å²) in [5, 5.41) is 6.37. The zero-order valence-electron chi connectivity index (χ0n) is 12.3. The Morgan fingerprint density at radius 3 is 2.74 bits per heavy atom. The zero-order valence-corrected chi connectivity index (χ0v) is 13.1. The second kappa shape index (κ2) is 6.70. The molecule has 0 spiro atoms. The summed E-state index contributed by atoms with van der Waals surface area (Å²) >= 11 is 1.72. The molecule has 1 aromatic rings. The Morgan fingerprint density at radius 2 is 2.21 bits per heavy atom. The first-order chi connectivity index (χ1) is 8.79. The maximum Gasteiger partial charge on any atom is 0.188 e. The van der Waals surface area contributed by atoms with Gasteiger partial charge in [-0.2, -0.15) is 0 Å². The minimum atomic E-state index is 0.123. The van der Waals surface area contributed by atoms with Crippen molar-refractivity contribution in [3.8, 4) is 0 Å². The minimum absolute atomic E-state index is 0.123. The molecule has 4 nitrogen and oxygen atoms in total. The van der Waals surface area contributed by atoms with Gasteiger partial charge in [0.15, 0.2) is 5.96 Å². The Balaban J connectivity index is 2.39. The molecule has 0 aliphatic carbocycles. The lowest BCUT2D eigenvalue weighted by molar-refractivity contribution is 0.582. The van der Waals surface area contributed by atoms with E-state index < -0.39 is 0 Å². The van der Waals surface area contributed by atoms with Crippen LogP contribution in [0.4, 0.5) is 0 Å². The number of guanidine groups is 1. The predicted octanol–water partition coefficient (Wildman–Crippen LogP) is 2.46. The number of hydrogen-bond donors (Lipinski definition) is 2. The van der Waals surface area contributed by atoms with Crippen LogP contribution in [0, 0.1) is 0 Å². The highest BCUT2D eigenvalue weighted by molar-refractivity contribution is 7.09. The molecule has 19 heavy (non-hydrogen) atoms. The third-order valence-corrected chi connectivity index (χ3v) is 3.72. The SMILES string of the molecule is C=C(C)CN=C(N)NCCc1csc(C(C)(C)C)n1. The summed E-state index contributed by atoms with van der Waals surface area (Å²) in [4.78, 5) is 8.80. The van der Waals surface area contributed by atoms with Gasteiger partial charge in [-0.25, -0.2) is 9.98 Å². The van der Waals surface area contributed by atoms with Gasteiger partial charge in [0, 0.05) is 23.8 Å². The number of nitrogens with two attached hydrogens (primary N) is 1. The van der Waals surface area contributed by atoms with E-state index in [0.717, 1.165) is 24.2 Å². The molecule has 5 heteroatoms. The van der Waals surface area contributed by atoms with Crippen LogP contribution in [-0.2, 0) is 11.8 Å². The van der Waals surface area contributed by atoms with Gasteiger partial charge >= 0.3 is 0 Å². The normalized spacial score (nSPS) is 12.5. The number of thiazole rings is 1. The number of hydrogen-bond acceptors (Lipinski definition) is 3. The lowest BCUT2D eigenvalue weighted by Crippen LogP contribution is -2.33. The average molecular weight is 280 g/mol. The van der Waals surface area contributed by atoms with Crippen LogP contribution >= 0.6 is 11.3 Å². The standard InChI is InChI=1S/C14H24N4S/c1-10(2)8-17-13(15)16-7-6-11-9-19-12(18-11)14(3,4)5/h9H,1,6-8H2,2-5H3,(H3,15,16,17). The topological polar surface area (TPSA) is 63.3 Å². The van der Waals surface area contributed by atoms with Crippen LogP contribution in [-0.4, -0.2) is 24.0 Å². The molecular formula is C14H24N4S. The van der Waals surface area contributed by atoms with E-state index in [-0.39, 0.29) is 5.41 Å². The molecule has 106 valence electrons. The Kier molecular flexibility index (Phi) is 5.54. The minimum Gasteiger partial charge on any atom is -0.370 e. The average Bonchev–Trinajstić information content (AvgIpc) is 2.74. The van der Waals surface area contributed by atoms with Crippen molar-refractivity contribution >= 4 is 17.3 Å². The first-order valence-electron chi connectivity index (χ1n) is 6.42. The monoisotopic (exact) mass is 280 g/mol. The lowest BCUT2D eigenvalue weighted by Gasteiger charge is -2.13. The van der Waals surface area contributed by atoms with E-state index in [1.807, 2.05) is 6.92 Å². The van der Waals surface area contributed by atoms with Crippen LogP contribution in [0.5, 0.6) is 0 Å². The predicted molar refractivity (Wildman–Crippen MR) is 83.8 cm³/mol. The Labute approximate surface area is 119 Å². The van der Waals surface area contributed by atoms with Gasteiger partial charge in [-0.15, -0.1) is 11.3 Å². The molecular weight excluding hydrogens is 256 g/mol. The molecule has 0 saturated heterocycles. The third kappa shape index (κ3) is 5.87. The van der Waals surface area contributed by atoms with Gasteiger partial charge in [0.2, 0.25) is 0 Å². The van der Waals surface area contributed by atoms with Gasteiger partial charge in [-0.05, 0) is 6.92 Å². The molecule has 0 aliphatic rings. The fraction of sp³-hybridized carbons (Fsp3) is 0.571. The van der Waals surface area contributed by atoms with E-state index in [9.17, 15) is 0 Å². The van der Waals surface area contributed by atoms with E-state index in [2.05, 4.69) is 48.0 Å². The summed E-state index contributed by atoms with van der Waals surface area (Å²) in [6, 6.07) is 0. The van der Waals surface area contributed by atoms with Crippen molar-refractivity contribution in [3.63, 3.8) is 0 Å². The number of nitrogens with one attached hydrogen (secondary N) is 1. The maximum atomic E-state index is 5.74. The van der Waals surface area contributed by atoms with Gasteiger partial charge in [-0.1, -0.05) is 32.9 Å².